The monoisotopic (exact) mass is 511 g/mol. The maximum atomic E-state index is 13.6. The molecule has 0 radical (unpaired) electrons. The topological polar surface area (TPSA) is 73.9 Å². The van der Waals surface area contributed by atoms with Crippen molar-refractivity contribution in [3.8, 4) is 11.5 Å². The molecule has 1 aliphatic carbocycles. The van der Waals surface area contributed by atoms with Gasteiger partial charge in [0.2, 0.25) is 0 Å². The quantitative estimate of drug-likeness (QED) is 0.503. The van der Waals surface area contributed by atoms with Crippen LogP contribution in [0.5, 0.6) is 11.5 Å². The summed E-state index contributed by atoms with van der Waals surface area (Å²) in [6, 6.07) is 11.2. The molecule has 2 aromatic carbocycles. The van der Waals surface area contributed by atoms with Gasteiger partial charge in [0.15, 0.2) is 17.3 Å². The van der Waals surface area contributed by atoms with Crippen LogP contribution in [0.25, 0.3) is 5.70 Å². The number of Topliss-reactive ketones (excluding diaryl/α,β-unsaturated/α-hetero) is 1. The van der Waals surface area contributed by atoms with Crippen molar-refractivity contribution in [1.29, 1.82) is 0 Å². The van der Waals surface area contributed by atoms with Gasteiger partial charge in [-0.25, -0.2) is 4.79 Å². The van der Waals surface area contributed by atoms with Gasteiger partial charge in [-0.15, -0.1) is 0 Å². The van der Waals surface area contributed by atoms with E-state index in [1.807, 2.05) is 57.2 Å². The van der Waals surface area contributed by atoms with Crippen LogP contribution in [-0.4, -0.2) is 31.6 Å². The van der Waals surface area contributed by atoms with Crippen molar-refractivity contribution in [3.63, 3.8) is 0 Å². The Morgan fingerprint density at radius 1 is 1.03 bits per heavy atom. The fourth-order valence-electron chi connectivity index (χ4n) is 4.44. The SMILES string of the molecule is CCOC(=O)C1=C(C)NC2=C(C(=O)c3ccccc32)[C@H]1c1cc(Br)c(OCC)c(OCC)c1. The lowest BCUT2D eigenvalue weighted by atomic mass is 9.79. The number of rotatable bonds is 7. The van der Waals surface area contributed by atoms with Crippen molar-refractivity contribution in [2.24, 2.45) is 0 Å². The number of carbonyl (C=O) groups excluding carboxylic acids is 2. The average molecular weight is 512 g/mol. The molecule has 2 aromatic rings. The molecule has 1 N–H and O–H groups in total. The molecule has 0 unspecified atom stereocenters. The van der Waals surface area contributed by atoms with Crippen LogP contribution in [0.3, 0.4) is 0 Å². The van der Waals surface area contributed by atoms with Gasteiger partial charge in [-0.3, -0.25) is 4.79 Å². The Hall–Kier alpha value is -3.06. The molecule has 0 aromatic heterocycles. The van der Waals surface area contributed by atoms with E-state index in [0.717, 1.165) is 16.8 Å². The summed E-state index contributed by atoms with van der Waals surface area (Å²) >= 11 is 3.60. The summed E-state index contributed by atoms with van der Waals surface area (Å²) in [4.78, 5) is 26.7. The minimum atomic E-state index is -0.619. The van der Waals surface area contributed by atoms with Crippen molar-refractivity contribution in [2.45, 2.75) is 33.6 Å². The van der Waals surface area contributed by atoms with E-state index in [9.17, 15) is 9.59 Å². The number of dihydropyridines is 1. The third kappa shape index (κ3) is 3.95. The molecular weight excluding hydrogens is 486 g/mol. The highest BCUT2D eigenvalue weighted by molar-refractivity contribution is 9.10. The van der Waals surface area contributed by atoms with Gasteiger partial charge >= 0.3 is 5.97 Å². The summed E-state index contributed by atoms with van der Waals surface area (Å²) < 4.78 is 17.7. The fraction of sp³-hybridized carbons (Fsp3) is 0.308. The third-order valence-electron chi connectivity index (χ3n) is 5.70. The first-order valence-electron chi connectivity index (χ1n) is 11.0. The van der Waals surface area contributed by atoms with Gasteiger partial charge < -0.3 is 19.5 Å². The van der Waals surface area contributed by atoms with Gasteiger partial charge in [-0.05, 0) is 61.3 Å². The van der Waals surface area contributed by atoms with Crippen LogP contribution < -0.4 is 14.8 Å². The molecule has 1 atom stereocenters. The van der Waals surface area contributed by atoms with Crippen LogP contribution >= 0.6 is 15.9 Å². The summed E-state index contributed by atoms with van der Waals surface area (Å²) in [5.41, 5.74) is 4.52. The Bertz CT molecular complexity index is 1200. The molecule has 0 saturated heterocycles. The van der Waals surface area contributed by atoms with E-state index in [0.29, 0.717) is 51.6 Å². The second-order valence-electron chi connectivity index (χ2n) is 7.68. The number of hydrogen-bond donors (Lipinski definition) is 1. The summed E-state index contributed by atoms with van der Waals surface area (Å²) in [6.45, 7) is 8.55. The molecule has 0 amide bonds. The molecule has 0 spiro atoms. The summed E-state index contributed by atoms with van der Waals surface area (Å²) in [7, 11) is 0. The summed E-state index contributed by atoms with van der Waals surface area (Å²) in [6.07, 6.45) is 0. The Balaban J connectivity index is 1.95. The molecular formula is C26H26BrNO5. The molecule has 0 fully saturated rings. The van der Waals surface area contributed by atoms with Crippen LogP contribution in [0.2, 0.25) is 0 Å². The van der Waals surface area contributed by atoms with Gasteiger partial charge in [0.05, 0.1) is 35.6 Å². The number of esters is 1. The van der Waals surface area contributed by atoms with Crippen LogP contribution in [0.4, 0.5) is 0 Å². The van der Waals surface area contributed by atoms with Crippen molar-refractivity contribution in [2.75, 3.05) is 19.8 Å². The molecule has 0 bridgehead atoms. The number of hydrogen-bond acceptors (Lipinski definition) is 6. The highest BCUT2D eigenvalue weighted by Gasteiger charge is 2.43. The molecule has 2 aliphatic rings. The number of ether oxygens (including phenoxy) is 3. The number of benzene rings is 2. The van der Waals surface area contributed by atoms with Crippen molar-refractivity contribution in [3.05, 3.63) is 74.4 Å². The molecule has 1 heterocycles. The Kier molecular flexibility index (Phi) is 6.61. The fourth-order valence-corrected chi connectivity index (χ4v) is 5.02. The lowest BCUT2D eigenvalue weighted by Gasteiger charge is -2.30. The van der Waals surface area contributed by atoms with Crippen LogP contribution in [0.15, 0.2) is 57.7 Å². The minimum Gasteiger partial charge on any atom is -0.490 e. The summed E-state index contributed by atoms with van der Waals surface area (Å²) in [5.74, 6) is -0.0357. The number of ketones is 1. The van der Waals surface area contributed by atoms with E-state index >= 15 is 0 Å². The van der Waals surface area contributed by atoms with Gasteiger partial charge in [0, 0.05) is 28.3 Å². The number of nitrogens with one attached hydrogen (secondary N) is 1. The molecule has 4 rings (SSSR count). The number of halogens is 1. The van der Waals surface area contributed by atoms with Gasteiger partial charge in [-0.1, -0.05) is 24.3 Å². The lowest BCUT2D eigenvalue weighted by Crippen LogP contribution is -2.29. The zero-order valence-electron chi connectivity index (χ0n) is 19.1. The molecule has 172 valence electrons. The maximum absolute atomic E-state index is 13.6. The smallest absolute Gasteiger partial charge is 0.336 e. The number of carbonyl (C=O) groups is 2. The van der Waals surface area contributed by atoms with Gasteiger partial charge in [-0.2, -0.15) is 0 Å². The van der Waals surface area contributed by atoms with E-state index in [-0.39, 0.29) is 12.4 Å². The Morgan fingerprint density at radius 2 is 1.73 bits per heavy atom. The summed E-state index contributed by atoms with van der Waals surface area (Å²) in [5, 5.41) is 3.31. The highest BCUT2D eigenvalue weighted by atomic mass is 79.9. The van der Waals surface area contributed by atoms with Crippen LogP contribution in [0, 0.1) is 0 Å². The molecule has 1 aliphatic heterocycles. The van der Waals surface area contributed by atoms with E-state index in [1.54, 1.807) is 6.92 Å². The van der Waals surface area contributed by atoms with E-state index in [2.05, 4.69) is 21.2 Å². The largest absolute Gasteiger partial charge is 0.490 e. The molecule has 0 saturated carbocycles. The first-order valence-corrected chi connectivity index (χ1v) is 11.8. The lowest BCUT2D eigenvalue weighted by molar-refractivity contribution is -0.138. The average Bonchev–Trinajstić information content (AvgIpc) is 3.07. The predicted molar refractivity (Wildman–Crippen MR) is 129 cm³/mol. The zero-order chi connectivity index (χ0) is 23.7. The third-order valence-corrected chi connectivity index (χ3v) is 6.29. The number of allylic oxidation sites excluding steroid dienone is 2. The van der Waals surface area contributed by atoms with Crippen molar-refractivity contribution >= 4 is 33.4 Å². The molecule has 33 heavy (non-hydrogen) atoms. The molecule has 7 heteroatoms. The zero-order valence-corrected chi connectivity index (χ0v) is 20.7. The van der Waals surface area contributed by atoms with Crippen LogP contribution in [-0.2, 0) is 9.53 Å². The highest BCUT2D eigenvalue weighted by Crippen LogP contribution is 2.49. The van der Waals surface area contributed by atoms with Crippen molar-refractivity contribution < 1.29 is 23.8 Å². The Morgan fingerprint density at radius 3 is 2.39 bits per heavy atom. The van der Waals surface area contributed by atoms with E-state index < -0.39 is 11.9 Å². The first kappa shape index (κ1) is 23.1. The minimum absolute atomic E-state index is 0.102. The number of fused-ring (bicyclic) bond motifs is 2. The van der Waals surface area contributed by atoms with Gasteiger partial charge in [0.1, 0.15) is 0 Å². The second-order valence-corrected chi connectivity index (χ2v) is 8.53. The van der Waals surface area contributed by atoms with Crippen molar-refractivity contribution in [1.82, 2.24) is 5.32 Å². The molecule has 6 nitrogen and oxygen atoms in total. The predicted octanol–water partition coefficient (Wildman–Crippen LogP) is 5.38. The standard InChI is InChI=1S/C26H26BrNO5/c1-5-31-19-13-15(12-18(27)25(19)32-6-2)21-20(26(30)33-7-3)14(4)28-23-16-10-8-9-11-17(16)24(29)22(21)23/h8-13,21,28H,5-7H2,1-4H3/t21-/m0/s1. The first-order chi connectivity index (χ1) is 15.9. The second kappa shape index (κ2) is 9.43. The van der Waals surface area contributed by atoms with Crippen LogP contribution in [0.1, 0.15) is 55.1 Å². The normalized spacial score (nSPS) is 16.9. The van der Waals surface area contributed by atoms with E-state index in [4.69, 9.17) is 14.2 Å². The van der Waals surface area contributed by atoms with E-state index in [1.165, 1.54) is 0 Å². The van der Waals surface area contributed by atoms with Gasteiger partial charge in [0.25, 0.3) is 0 Å². The maximum Gasteiger partial charge on any atom is 0.336 e. The Labute approximate surface area is 201 Å².